The van der Waals surface area contributed by atoms with Crippen LogP contribution in [0.2, 0.25) is 0 Å². The minimum absolute atomic E-state index is 0.107. The van der Waals surface area contributed by atoms with Crippen molar-refractivity contribution in [3.05, 3.63) is 71.6 Å². The molecule has 0 aliphatic carbocycles. The van der Waals surface area contributed by atoms with Gasteiger partial charge in [0.1, 0.15) is 5.75 Å². The minimum atomic E-state index is -5.05. The van der Waals surface area contributed by atoms with Crippen molar-refractivity contribution in [2.75, 3.05) is 7.11 Å². The van der Waals surface area contributed by atoms with Crippen molar-refractivity contribution in [1.82, 2.24) is 0 Å². The van der Waals surface area contributed by atoms with Crippen LogP contribution in [0.4, 0.5) is 17.6 Å². The summed E-state index contributed by atoms with van der Waals surface area (Å²) >= 11 is 0. The van der Waals surface area contributed by atoms with Gasteiger partial charge in [-0.3, -0.25) is 0 Å². The number of halogens is 4. The van der Waals surface area contributed by atoms with Gasteiger partial charge in [-0.05, 0) is 23.3 Å². The summed E-state index contributed by atoms with van der Waals surface area (Å²) in [6, 6.07) is 13.5. The maximum absolute atomic E-state index is 13.9. The highest BCUT2D eigenvalue weighted by Crippen LogP contribution is 2.37. The van der Waals surface area contributed by atoms with E-state index in [1.807, 2.05) is 0 Å². The van der Waals surface area contributed by atoms with Gasteiger partial charge in [0.05, 0.1) is 7.11 Å². The molecular formula is C16H12F4O. The third-order valence-corrected chi connectivity index (χ3v) is 2.89. The van der Waals surface area contributed by atoms with E-state index < -0.39 is 17.6 Å². The number of rotatable bonds is 3. The van der Waals surface area contributed by atoms with E-state index in [2.05, 4.69) is 0 Å². The number of hydrogen-bond donors (Lipinski definition) is 0. The third-order valence-electron chi connectivity index (χ3n) is 2.89. The Hall–Kier alpha value is -2.30. The van der Waals surface area contributed by atoms with E-state index in [9.17, 15) is 17.6 Å². The van der Waals surface area contributed by atoms with Crippen LogP contribution in [0.15, 0.2) is 60.4 Å². The van der Waals surface area contributed by atoms with Gasteiger partial charge in [0.15, 0.2) is 0 Å². The number of ether oxygens (including phenoxy) is 1. The molecule has 0 N–H and O–H groups in total. The van der Waals surface area contributed by atoms with Crippen LogP contribution in [0.1, 0.15) is 11.1 Å². The Bertz CT molecular complexity index is 645. The number of hydrogen-bond acceptors (Lipinski definition) is 1. The van der Waals surface area contributed by atoms with Crippen molar-refractivity contribution in [2.24, 2.45) is 0 Å². The molecule has 1 nitrogen and oxygen atoms in total. The lowest BCUT2D eigenvalue weighted by Gasteiger charge is -2.13. The number of allylic oxidation sites excluding steroid dienone is 1. The molecule has 0 heterocycles. The fraction of sp³-hybridized carbons (Fsp3) is 0.125. The molecule has 0 bridgehead atoms. The van der Waals surface area contributed by atoms with Gasteiger partial charge in [0.25, 0.3) is 0 Å². The average molecular weight is 296 g/mol. The third kappa shape index (κ3) is 3.42. The van der Waals surface area contributed by atoms with E-state index in [0.29, 0.717) is 5.75 Å². The Morgan fingerprint density at radius 3 is 2.10 bits per heavy atom. The lowest BCUT2D eigenvalue weighted by Crippen LogP contribution is -2.11. The predicted molar refractivity (Wildman–Crippen MR) is 72.6 cm³/mol. The summed E-state index contributed by atoms with van der Waals surface area (Å²) < 4.78 is 57.2. The van der Waals surface area contributed by atoms with E-state index in [0.717, 1.165) is 0 Å². The molecule has 0 aromatic heterocycles. The SMILES string of the molecule is COc1cccc(/C(=C(\F)C(F)(F)F)c2ccccc2)c1. The van der Waals surface area contributed by atoms with Crippen LogP contribution in [0.3, 0.4) is 0 Å². The largest absolute Gasteiger partial charge is 0.497 e. The molecule has 21 heavy (non-hydrogen) atoms. The van der Waals surface area contributed by atoms with Gasteiger partial charge in [0, 0.05) is 5.57 Å². The molecule has 0 aliphatic rings. The maximum atomic E-state index is 13.9. The van der Waals surface area contributed by atoms with E-state index >= 15 is 0 Å². The molecule has 0 fully saturated rings. The monoisotopic (exact) mass is 296 g/mol. The summed E-state index contributed by atoms with van der Waals surface area (Å²) in [5.41, 5.74) is -0.238. The van der Waals surface area contributed by atoms with E-state index in [4.69, 9.17) is 4.74 Å². The molecule has 0 spiro atoms. The number of alkyl halides is 3. The summed E-state index contributed by atoms with van der Waals surface area (Å²) in [6.45, 7) is 0. The Balaban J connectivity index is 2.67. The Kier molecular flexibility index (Phi) is 4.31. The Labute approximate surface area is 119 Å². The van der Waals surface area contributed by atoms with Gasteiger partial charge in [-0.15, -0.1) is 0 Å². The van der Waals surface area contributed by atoms with Crippen molar-refractivity contribution >= 4 is 5.57 Å². The molecule has 0 amide bonds. The zero-order valence-corrected chi connectivity index (χ0v) is 11.1. The molecule has 2 aromatic rings. The van der Waals surface area contributed by atoms with Crippen molar-refractivity contribution in [2.45, 2.75) is 6.18 Å². The first-order valence-electron chi connectivity index (χ1n) is 6.10. The summed E-state index contributed by atoms with van der Waals surface area (Å²) in [7, 11) is 1.39. The van der Waals surface area contributed by atoms with Gasteiger partial charge in [-0.1, -0.05) is 42.5 Å². The zero-order chi connectivity index (χ0) is 15.5. The van der Waals surface area contributed by atoms with Crippen LogP contribution in [0.5, 0.6) is 5.75 Å². The second-order valence-electron chi connectivity index (χ2n) is 4.28. The number of methoxy groups -OCH3 is 1. The van der Waals surface area contributed by atoms with Crippen LogP contribution in [-0.4, -0.2) is 13.3 Å². The fourth-order valence-electron chi connectivity index (χ4n) is 1.95. The Morgan fingerprint density at radius 2 is 1.52 bits per heavy atom. The second-order valence-corrected chi connectivity index (χ2v) is 4.28. The predicted octanol–water partition coefficient (Wildman–Crippen LogP) is 4.99. The first-order valence-corrected chi connectivity index (χ1v) is 6.10. The average Bonchev–Trinajstić information content (AvgIpc) is 2.48. The Morgan fingerprint density at radius 1 is 0.905 bits per heavy atom. The van der Waals surface area contributed by atoms with Crippen molar-refractivity contribution < 1.29 is 22.3 Å². The van der Waals surface area contributed by atoms with Crippen molar-refractivity contribution in [3.63, 3.8) is 0 Å². The van der Waals surface area contributed by atoms with E-state index in [1.165, 1.54) is 37.4 Å². The smallest absolute Gasteiger partial charge is 0.443 e. The molecule has 110 valence electrons. The maximum Gasteiger partial charge on any atom is 0.443 e. The molecule has 0 radical (unpaired) electrons. The molecule has 0 atom stereocenters. The second kappa shape index (κ2) is 5.99. The molecule has 5 heteroatoms. The minimum Gasteiger partial charge on any atom is -0.497 e. The molecule has 0 saturated heterocycles. The molecule has 0 unspecified atom stereocenters. The topological polar surface area (TPSA) is 9.23 Å². The van der Waals surface area contributed by atoms with Crippen LogP contribution in [0, 0.1) is 0 Å². The molecule has 0 saturated carbocycles. The van der Waals surface area contributed by atoms with Crippen LogP contribution >= 0.6 is 0 Å². The van der Waals surface area contributed by atoms with Gasteiger partial charge in [-0.2, -0.15) is 13.2 Å². The van der Waals surface area contributed by atoms with Crippen molar-refractivity contribution in [3.8, 4) is 5.75 Å². The van der Waals surface area contributed by atoms with Gasteiger partial charge >= 0.3 is 6.18 Å². The lowest BCUT2D eigenvalue weighted by molar-refractivity contribution is -0.107. The normalized spacial score (nSPS) is 12.8. The fourth-order valence-corrected chi connectivity index (χ4v) is 1.95. The molecule has 2 rings (SSSR count). The van der Waals surface area contributed by atoms with Crippen LogP contribution in [0.25, 0.3) is 5.57 Å². The zero-order valence-electron chi connectivity index (χ0n) is 11.1. The highest BCUT2D eigenvalue weighted by Gasteiger charge is 2.38. The summed E-state index contributed by atoms with van der Waals surface area (Å²) in [6.07, 6.45) is -5.05. The molecule has 2 aromatic carbocycles. The van der Waals surface area contributed by atoms with Gasteiger partial charge in [0.2, 0.25) is 5.83 Å². The van der Waals surface area contributed by atoms with Crippen LogP contribution < -0.4 is 4.74 Å². The number of benzene rings is 2. The lowest BCUT2D eigenvalue weighted by atomic mass is 9.96. The standard InChI is InChI=1S/C16H12F4O/c1-21-13-9-5-8-12(10-13)14(15(17)16(18,19)20)11-6-3-2-4-7-11/h2-10H,1H3/b15-14-. The summed E-state index contributed by atoms with van der Waals surface area (Å²) in [5.74, 6) is -1.77. The highest BCUT2D eigenvalue weighted by atomic mass is 19.4. The van der Waals surface area contributed by atoms with Gasteiger partial charge in [-0.25, -0.2) is 4.39 Å². The molecule has 0 aliphatic heterocycles. The quantitative estimate of drug-likeness (QED) is 0.725. The van der Waals surface area contributed by atoms with E-state index in [1.54, 1.807) is 24.3 Å². The summed E-state index contributed by atoms with van der Waals surface area (Å²) in [4.78, 5) is 0. The van der Waals surface area contributed by atoms with Crippen molar-refractivity contribution in [1.29, 1.82) is 0 Å². The highest BCUT2D eigenvalue weighted by molar-refractivity contribution is 5.82. The van der Waals surface area contributed by atoms with Crippen LogP contribution in [-0.2, 0) is 0 Å². The first kappa shape index (κ1) is 15.1. The first-order chi connectivity index (χ1) is 9.93. The van der Waals surface area contributed by atoms with Gasteiger partial charge < -0.3 is 4.74 Å². The van der Waals surface area contributed by atoms with E-state index in [-0.39, 0.29) is 11.1 Å². The summed E-state index contributed by atoms with van der Waals surface area (Å²) in [5, 5.41) is 0. The molecular weight excluding hydrogens is 284 g/mol.